The van der Waals surface area contributed by atoms with Crippen molar-refractivity contribution in [2.45, 2.75) is 18.9 Å². The summed E-state index contributed by atoms with van der Waals surface area (Å²) in [4.78, 5) is 22.2. The van der Waals surface area contributed by atoms with Crippen LogP contribution in [0.1, 0.15) is 18.4 Å². The maximum absolute atomic E-state index is 12.1. The summed E-state index contributed by atoms with van der Waals surface area (Å²) in [6.45, 7) is 3.00. The molecule has 138 valence electrons. The fraction of sp³-hybridized carbons (Fsp3) is 0.556. The van der Waals surface area contributed by atoms with Gasteiger partial charge in [0, 0.05) is 31.7 Å². The Bertz CT molecular complexity index is 580. The van der Waals surface area contributed by atoms with Gasteiger partial charge in [0.2, 0.25) is 5.91 Å². The van der Waals surface area contributed by atoms with E-state index < -0.39 is 11.5 Å². The van der Waals surface area contributed by atoms with Gasteiger partial charge in [0.1, 0.15) is 6.61 Å². The number of likely N-dealkylation sites (tertiary alicyclic amines) is 1. The molecule has 3 rings (SSSR count). The highest BCUT2D eigenvalue weighted by molar-refractivity contribution is 5.78. The lowest BCUT2D eigenvalue weighted by Gasteiger charge is -2.16. The molecular weight excluding hydrogens is 326 g/mol. The summed E-state index contributed by atoms with van der Waals surface area (Å²) in [6, 6.07) is 9.94. The highest BCUT2D eigenvalue weighted by Gasteiger charge is 2.71. The van der Waals surface area contributed by atoms with Crippen LogP contribution in [-0.2, 0) is 14.3 Å². The molecule has 0 aromatic heterocycles. The highest BCUT2D eigenvalue weighted by Crippen LogP contribution is 2.68. The molecule has 1 spiro atoms. The summed E-state index contributed by atoms with van der Waals surface area (Å²) in [5.74, 6) is 0.0292. The third-order valence-corrected chi connectivity index (χ3v) is 5.18. The number of carbonyl (C=O) groups is 2. The van der Waals surface area contributed by atoms with E-state index in [-0.39, 0.29) is 37.4 Å². The van der Waals surface area contributed by atoms with Crippen molar-refractivity contribution in [3.63, 3.8) is 0 Å². The molecule has 2 fully saturated rings. The van der Waals surface area contributed by atoms with E-state index in [1.807, 2.05) is 37.3 Å². The Morgan fingerprint density at radius 3 is 2.60 bits per heavy atom. The first-order valence-electron chi connectivity index (χ1n) is 8.34. The third-order valence-electron chi connectivity index (χ3n) is 5.18. The summed E-state index contributed by atoms with van der Waals surface area (Å²) >= 11 is 0. The number of carbonyl (C=O) groups excluding carboxylic acids is 1. The van der Waals surface area contributed by atoms with Gasteiger partial charge in [-0.1, -0.05) is 30.3 Å². The molecule has 0 bridgehead atoms. The van der Waals surface area contributed by atoms with Crippen molar-refractivity contribution in [3.8, 4) is 0 Å². The van der Waals surface area contributed by atoms with E-state index in [1.54, 1.807) is 4.90 Å². The van der Waals surface area contributed by atoms with Gasteiger partial charge in [-0.05, 0) is 24.3 Å². The van der Waals surface area contributed by atoms with Crippen LogP contribution in [0.15, 0.2) is 30.3 Å². The van der Waals surface area contributed by atoms with Crippen LogP contribution >= 0.6 is 0 Å². The number of hydrogen-bond acceptors (Lipinski definition) is 5. The average Bonchev–Trinajstić information content (AvgIpc) is 3.15. The normalized spacial score (nSPS) is 29.9. The molecular formula is C18H25NO6. The number of hydrogen-bond donors (Lipinski definition) is 3. The fourth-order valence-electron chi connectivity index (χ4n) is 4.04. The van der Waals surface area contributed by atoms with E-state index in [1.165, 1.54) is 0 Å². The second-order valence-corrected chi connectivity index (χ2v) is 6.32. The minimum absolute atomic E-state index is 0.00907. The quantitative estimate of drug-likeness (QED) is 0.660. The summed E-state index contributed by atoms with van der Waals surface area (Å²) in [6.07, 6.45) is -0.597. The first-order chi connectivity index (χ1) is 12.1. The molecule has 1 saturated carbocycles. The molecule has 1 aliphatic heterocycles. The molecule has 0 unspecified atom stereocenters. The van der Waals surface area contributed by atoms with Crippen molar-refractivity contribution in [1.82, 2.24) is 4.90 Å². The second-order valence-electron chi connectivity index (χ2n) is 6.32. The Hall–Kier alpha value is -1.96. The largest absolute Gasteiger partial charge is 0.483 e. The minimum Gasteiger partial charge on any atom is -0.483 e. The standard InChI is InChI=1S/C17H23NO4.CH2O2/c1-2-22-10-15(21)18-8-14(20)17(11-18)13(9-19)16(17)12-6-4-3-5-7-12;2-1-3/h3-7,13-14,16,19-20H,2,8-11H2,1H3;1H,(H,2,3)/t13-,14+,16-,17-;/m1./s1. The van der Waals surface area contributed by atoms with E-state index in [9.17, 15) is 15.0 Å². The third kappa shape index (κ3) is 3.68. The van der Waals surface area contributed by atoms with Gasteiger partial charge in [0.25, 0.3) is 6.47 Å². The molecule has 1 heterocycles. The summed E-state index contributed by atoms with van der Waals surface area (Å²) in [5.41, 5.74) is 0.720. The molecule has 1 aliphatic carbocycles. The van der Waals surface area contributed by atoms with E-state index >= 15 is 0 Å². The first kappa shape index (κ1) is 19.4. The van der Waals surface area contributed by atoms with Crippen LogP contribution in [0.25, 0.3) is 0 Å². The average molecular weight is 351 g/mol. The Kier molecular flexibility index (Phi) is 6.52. The van der Waals surface area contributed by atoms with Crippen LogP contribution in [0.5, 0.6) is 0 Å². The number of rotatable bonds is 5. The Balaban J connectivity index is 0.000000701. The van der Waals surface area contributed by atoms with E-state index in [0.717, 1.165) is 5.56 Å². The topological polar surface area (TPSA) is 107 Å². The van der Waals surface area contributed by atoms with Gasteiger partial charge >= 0.3 is 0 Å². The van der Waals surface area contributed by atoms with Crippen LogP contribution in [-0.4, -0.2) is 71.6 Å². The van der Waals surface area contributed by atoms with Crippen LogP contribution in [0.2, 0.25) is 0 Å². The number of nitrogens with zero attached hydrogens (tertiary/aromatic N) is 1. The molecule has 0 radical (unpaired) electrons. The summed E-state index contributed by atoms with van der Waals surface area (Å²) in [5, 5.41) is 27.1. The molecule has 1 saturated heterocycles. The fourth-order valence-corrected chi connectivity index (χ4v) is 4.04. The van der Waals surface area contributed by atoms with Gasteiger partial charge in [0.15, 0.2) is 0 Å². The van der Waals surface area contributed by atoms with Crippen LogP contribution in [0.3, 0.4) is 0 Å². The SMILES string of the molecule is CCOCC(=O)N1C[C@H](O)[C@@]2(C1)[C@H](CO)[C@H]2c1ccccc1.O=CO. The van der Waals surface area contributed by atoms with Crippen molar-refractivity contribution in [2.75, 3.05) is 32.9 Å². The van der Waals surface area contributed by atoms with Crippen molar-refractivity contribution >= 4 is 12.4 Å². The lowest BCUT2D eigenvalue weighted by atomic mass is 9.95. The number of carboxylic acid groups (broad SMARTS) is 1. The van der Waals surface area contributed by atoms with Gasteiger partial charge in [-0.15, -0.1) is 0 Å². The maximum Gasteiger partial charge on any atom is 0.290 e. The maximum atomic E-state index is 12.1. The Morgan fingerprint density at radius 2 is 2.04 bits per heavy atom. The van der Waals surface area contributed by atoms with Crippen molar-refractivity contribution in [1.29, 1.82) is 0 Å². The molecule has 1 aromatic rings. The number of benzene rings is 1. The monoisotopic (exact) mass is 351 g/mol. The smallest absolute Gasteiger partial charge is 0.290 e. The lowest BCUT2D eigenvalue weighted by Crippen LogP contribution is -2.33. The first-order valence-corrected chi connectivity index (χ1v) is 8.34. The highest BCUT2D eigenvalue weighted by atomic mass is 16.5. The predicted molar refractivity (Wildman–Crippen MR) is 90.0 cm³/mol. The molecule has 7 heteroatoms. The number of aliphatic hydroxyl groups is 2. The Labute approximate surface area is 146 Å². The van der Waals surface area contributed by atoms with Gasteiger partial charge in [-0.2, -0.15) is 0 Å². The zero-order chi connectivity index (χ0) is 18.4. The Morgan fingerprint density at radius 1 is 1.40 bits per heavy atom. The predicted octanol–water partition coefficient (Wildman–Crippen LogP) is 0.319. The second kappa shape index (κ2) is 8.42. The molecule has 1 aromatic carbocycles. The van der Waals surface area contributed by atoms with Gasteiger partial charge in [-0.3, -0.25) is 9.59 Å². The number of aliphatic hydroxyl groups excluding tert-OH is 2. The van der Waals surface area contributed by atoms with Crippen LogP contribution in [0.4, 0.5) is 0 Å². The van der Waals surface area contributed by atoms with Crippen molar-refractivity contribution < 1.29 is 29.6 Å². The number of amides is 1. The summed E-state index contributed by atoms with van der Waals surface area (Å²) in [7, 11) is 0. The molecule has 2 aliphatic rings. The van der Waals surface area contributed by atoms with E-state index in [2.05, 4.69) is 0 Å². The molecule has 25 heavy (non-hydrogen) atoms. The minimum atomic E-state index is -0.597. The van der Waals surface area contributed by atoms with Crippen LogP contribution in [0, 0.1) is 11.3 Å². The summed E-state index contributed by atoms with van der Waals surface area (Å²) < 4.78 is 5.17. The van der Waals surface area contributed by atoms with Gasteiger partial charge < -0.3 is 25.0 Å². The molecule has 1 amide bonds. The van der Waals surface area contributed by atoms with Crippen molar-refractivity contribution in [3.05, 3.63) is 35.9 Å². The van der Waals surface area contributed by atoms with Gasteiger partial charge in [0.05, 0.1) is 6.10 Å². The molecule has 4 atom stereocenters. The molecule has 3 N–H and O–H groups in total. The number of ether oxygens (including phenoxy) is 1. The van der Waals surface area contributed by atoms with E-state index in [0.29, 0.717) is 19.7 Å². The zero-order valence-electron chi connectivity index (χ0n) is 14.2. The van der Waals surface area contributed by atoms with E-state index in [4.69, 9.17) is 14.6 Å². The molecule has 7 nitrogen and oxygen atoms in total. The van der Waals surface area contributed by atoms with Gasteiger partial charge in [-0.25, -0.2) is 0 Å². The lowest BCUT2D eigenvalue weighted by molar-refractivity contribution is -0.135. The van der Waals surface area contributed by atoms with Crippen molar-refractivity contribution in [2.24, 2.45) is 11.3 Å². The number of β-amino-alcohol motifs (C(OH)–C–C–N with tert-alkyl or cyclic N) is 1. The van der Waals surface area contributed by atoms with Crippen LogP contribution < -0.4 is 0 Å². The zero-order valence-corrected chi connectivity index (χ0v) is 14.2.